The van der Waals surface area contributed by atoms with Crippen LogP contribution < -0.4 is 10.5 Å². The fourth-order valence-electron chi connectivity index (χ4n) is 3.99. The minimum Gasteiger partial charge on any atom is -0.466 e. The van der Waals surface area contributed by atoms with Crippen molar-refractivity contribution in [3.05, 3.63) is 59.2 Å². The van der Waals surface area contributed by atoms with Gasteiger partial charge in [-0.1, -0.05) is 13.0 Å². The van der Waals surface area contributed by atoms with Gasteiger partial charge in [0.25, 0.3) is 5.91 Å². The summed E-state index contributed by atoms with van der Waals surface area (Å²) in [5.41, 5.74) is 3.21. The van der Waals surface area contributed by atoms with E-state index in [2.05, 4.69) is 10.4 Å². The number of carbonyl (C=O) groups excluding carboxylic acids is 1. The molecule has 0 saturated heterocycles. The number of pyridine rings is 1. The van der Waals surface area contributed by atoms with Crippen LogP contribution in [0.3, 0.4) is 0 Å². The van der Waals surface area contributed by atoms with Gasteiger partial charge < -0.3 is 9.73 Å². The number of benzene rings is 1. The van der Waals surface area contributed by atoms with Crippen molar-refractivity contribution in [3.8, 4) is 11.3 Å². The molecule has 178 valence electrons. The molecule has 1 amide bonds. The molecule has 3 N–H and O–H groups in total. The van der Waals surface area contributed by atoms with Crippen molar-refractivity contribution in [3.63, 3.8) is 0 Å². The van der Waals surface area contributed by atoms with Crippen molar-refractivity contribution in [2.24, 2.45) is 5.14 Å². The molecule has 0 aliphatic carbocycles. The Labute approximate surface area is 198 Å². The molecule has 9 nitrogen and oxygen atoms in total. The highest BCUT2D eigenvalue weighted by Crippen LogP contribution is 2.30. The van der Waals surface area contributed by atoms with Crippen LogP contribution in [0.5, 0.6) is 0 Å². The molecule has 3 aromatic heterocycles. The van der Waals surface area contributed by atoms with E-state index in [1.807, 2.05) is 40.7 Å². The second-order valence-electron chi connectivity index (χ2n) is 8.48. The number of hydrogen-bond acceptors (Lipinski definition) is 6. The number of carbonyl (C=O) groups is 1. The van der Waals surface area contributed by atoms with Gasteiger partial charge in [0.05, 0.1) is 27.7 Å². The number of nitrogens with two attached hydrogens (primary N) is 1. The van der Waals surface area contributed by atoms with E-state index in [0.29, 0.717) is 45.7 Å². The van der Waals surface area contributed by atoms with Crippen molar-refractivity contribution < 1.29 is 17.6 Å². The average Bonchev–Trinajstić information content (AvgIpc) is 3.34. The lowest BCUT2D eigenvalue weighted by atomic mass is 10.1. The van der Waals surface area contributed by atoms with Crippen LogP contribution in [0.1, 0.15) is 54.3 Å². The maximum Gasteiger partial charge on any atom is 0.256 e. The van der Waals surface area contributed by atoms with Crippen LogP contribution in [0.15, 0.2) is 45.8 Å². The molecule has 0 aliphatic heterocycles. The number of primary sulfonamides is 1. The summed E-state index contributed by atoms with van der Waals surface area (Å²) in [7, 11) is -3.94. The maximum absolute atomic E-state index is 13.4. The lowest BCUT2D eigenvalue weighted by Gasteiger charge is -2.12. The van der Waals surface area contributed by atoms with Crippen LogP contribution >= 0.6 is 0 Å². The topological polar surface area (TPSA) is 133 Å². The third-order valence-corrected chi connectivity index (χ3v) is 6.62. The van der Waals surface area contributed by atoms with E-state index in [0.717, 1.165) is 11.3 Å². The number of furan rings is 1. The van der Waals surface area contributed by atoms with E-state index < -0.39 is 15.9 Å². The predicted octanol–water partition coefficient (Wildman–Crippen LogP) is 4.35. The molecule has 0 unspecified atom stereocenters. The van der Waals surface area contributed by atoms with E-state index in [-0.39, 0.29) is 10.9 Å². The number of nitrogens with zero attached hydrogens (tertiary/aromatic N) is 3. The molecule has 34 heavy (non-hydrogen) atoms. The lowest BCUT2D eigenvalue weighted by molar-refractivity contribution is 0.102. The Kier molecular flexibility index (Phi) is 6.05. The largest absolute Gasteiger partial charge is 0.466 e. The van der Waals surface area contributed by atoms with E-state index in [1.54, 1.807) is 29.1 Å². The highest BCUT2D eigenvalue weighted by atomic mass is 32.2. The Morgan fingerprint density at radius 3 is 2.53 bits per heavy atom. The summed E-state index contributed by atoms with van der Waals surface area (Å²) in [4.78, 5) is 18.2. The quantitative estimate of drug-likeness (QED) is 0.421. The van der Waals surface area contributed by atoms with Gasteiger partial charge in [-0.25, -0.2) is 23.2 Å². The molecule has 0 aliphatic rings. The molecule has 0 fully saturated rings. The fraction of sp³-hybridized carbons (Fsp3) is 0.292. The number of rotatable bonds is 6. The smallest absolute Gasteiger partial charge is 0.256 e. The number of fused-ring (bicyclic) bond motifs is 1. The summed E-state index contributed by atoms with van der Waals surface area (Å²) in [6.07, 6.45) is 2.11. The van der Waals surface area contributed by atoms with Crippen LogP contribution in [-0.4, -0.2) is 29.1 Å². The number of aromatic nitrogens is 3. The van der Waals surface area contributed by atoms with E-state index in [4.69, 9.17) is 14.5 Å². The van der Waals surface area contributed by atoms with Crippen molar-refractivity contribution in [1.82, 2.24) is 14.8 Å². The summed E-state index contributed by atoms with van der Waals surface area (Å²) in [6, 6.07) is 8.29. The highest BCUT2D eigenvalue weighted by Gasteiger charge is 2.21. The van der Waals surface area contributed by atoms with Crippen molar-refractivity contribution in [2.75, 3.05) is 5.32 Å². The first kappa shape index (κ1) is 23.7. The van der Waals surface area contributed by atoms with Crippen LogP contribution in [-0.2, 0) is 16.4 Å². The number of hydrogen-bond donors (Lipinski definition) is 2. The molecule has 4 rings (SSSR count). The third-order valence-electron chi connectivity index (χ3n) is 5.63. The summed E-state index contributed by atoms with van der Waals surface area (Å²) in [5.74, 6) is 1.02. The van der Waals surface area contributed by atoms with Crippen LogP contribution in [0.2, 0.25) is 0 Å². The number of nitrogens with one attached hydrogen (secondary N) is 1. The summed E-state index contributed by atoms with van der Waals surface area (Å²) >= 11 is 0. The Morgan fingerprint density at radius 2 is 1.94 bits per heavy atom. The average molecular weight is 482 g/mol. The SMILES string of the molecule is CCc1ccc(NC(=O)c2cc(-c3cc(C)oc3C)nc3c2cnn3C(C)C)cc1S(N)(=O)=O. The Morgan fingerprint density at radius 1 is 1.21 bits per heavy atom. The zero-order valence-corrected chi connectivity index (χ0v) is 20.5. The first-order valence-corrected chi connectivity index (χ1v) is 12.5. The number of sulfonamides is 1. The van der Waals surface area contributed by atoms with E-state index in [1.165, 1.54) is 6.07 Å². The summed E-state index contributed by atoms with van der Waals surface area (Å²) < 4.78 is 31.5. The molecule has 0 radical (unpaired) electrons. The van der Waals surface area contributed by atoms with Crippen molar-refractivity contribution >= 4 is 32.7 Å². The standard InChI is InChI=1S/C24H27N5O4S/c1-6-16-7-8-17(10-22(16)34(25,31)32)27-24(30)19-11-21(18-9-14(4)33-15(18)5)28-23-20(19)12-26-29(23)13(2)3/h7-13H,6H2,1-5H3,(H,27,30)(H2,25,31,32). The predicted molar refractivity (Wildman–Crippen MR) is 130 cm³/mol. The summed E-state index contributed by atoms with van der Waals surface area (Å²) in [6.45, 7) is 9.50. The molecular formula is C24H27N5O4S. The van der Waals surface area contributed by atoms with Gasteiger partial charge in [0, 0.05) is 17.3 Å². The van der Waals surface area contributed by atoms with Crippen molar-refractivity contribution in [1.29, 1.82) is 0 Å². The Bertz CT molecular complexity index is 1520. The lowest BCUT2D eigenvalue weighted by Crippen LogP contribution is -2.17. The zero-order valence-electron chi connectivity index (χ0n) is 19.7. The van der Waals surface area contributed by atoms with Gasteiger partial charge in [-0.2, -0.15) is 5.10 Å². The minimum absolute atomic E-state index is 0.00881. The van der Waals surface area contributed by atoms with Crippen LogP contribution in [0.25, 0.3) is 22.3 Å². The van der Waals surface area contributed by atoms with Gasteiger partial charge in [-0.15, -0.1) is 0 Å². The Balaban J connectivity index is 1.84. The molecular weight excluding hydrogens is 454 g/mol. The van der Waals surface area contributed by atoms with Gasteiger partial charge >= 0.3 is 0 Å². The molecule has 0 saturated carbocycles. The summed E-state index contributed by atoms with van der Waals surface area (Å²) in [5, 5.41) is 13.2. The molecule has 0 atom stereocenters. The zero-order chi connectivity index (χ0) is 24.8. The molecule has 10 heteroatoms. The first-order chi connectivity index (χ1) is 16.0. The monoisotopic (exact) mass is 481 g/mol. The molecule has 0 spiro atoms. The van der Waals surface area contributed by atoms with Gasteiger partial charge in [-0.05, 0) is 63.9 Å². The second kappa shape index (κ2) is 8.69. The van der Waals surface area contributed by atoms with Crippen LogP contribution in [0, 0.1) is 13.8 Å². The molecule has 1 aromatic carbocycles. The minimum atomic E-state index is -3.94. The third kappa shape index (κ3) is 4.34. The molecule has 3 heterocycles. The van der Waals surface area contributed by atoms with E-state index >= 15 is 0 Å². The number of aryl methyl sites for hydroxylation is 3. The molecule has 0 bridgehead atoms. The van der Waals surface area contributed by atoms with Gasteiger partial charge in [-0.3, -0.25) is 4.79 Å². The van der Waals surface area contributed by atoms with Gasteiger partial charge in [0.1, 0.15) is 11.5 Å². The first-order valence-electron chi connectivity index (χ1n) is 10.9. The molecule has 4 aromatic rings. The highest BCUT2D eigenvalue weighted by molar-refractivity contribution is 7.89. The van der Waals surface area contributed by atoms with Crippen molar-refractivity contribution in [2.45, 2.75) is 52.0 Å². The van der Waals surface area contributed by atoms with Gasteiger partial charge in [0.2, 0.25) is 10.0 Å². The number of anilines is 1. The normalized spacial score (nSPS) is 12.0. The fourth-order valence-corrected chi connectivity index (χ4v) is 4.86. The van der Waals surface area contributed by atoms with Crippen LogP contribution in [0.4, 0.5) is 5.69 Å². The Hall–Kier alpha value is -3.50. The second-order valence-corrected chi connectivity index (χ2v) is 10.0. The maximum atomic E-state index is 13.4. The number of amides is 1. The van der Waals surface area contributed by atoms with Gasteiger partial charge in [0.15, 0.2) is 5.65 Å². The van der Waals surface area contributed by atoms with E-state index in [9.17, 15) is 13.2 Å².